The molecule has 0 unspecified atom stereocenters. The Morgan fingerprint density at radius 3 is 1.97 bits per heavy atom. The minimum Gasteiger partial charge on any atom is -0.412 e. The van der Waals surface area contributed by atoms with Crippen molar-refractivity contribution in [3.05, 3.63) is 11.6 Å². The van der Waals surface area contributed by atoms with Gasteiger partial charge < -0.3 is 14.3 Å². The van der Waals surface area contributed by atoms with E-state index in [4.69, 9.17) is 9.16 Å². The molecular formula is C29H56O3Si. The van der Waals surface area contributed by atoms with E-state index in [0.29, 0.717) is 29.0 Å². The van der Waals surface area contributed by atoms with Crippen molar-refractivity contribution in [1.82, 2.24) is 0 Å². The SMILES string of the molecule is CCC1(CC)[C@@H](O[C@H](C)C[C@H](C)O)C[C@@H](C2=CCCCC2)[C@@H]1O[Si](C(C)C)(C(C)C)C(C)C. The van der Waals surface area contributed by atoms with Crippen molar-refractivity contribution in [3.63, 3.8) is 0 Å². The third kappa shape index (κ3) is 5.98. The number of aliphatic hydroxyl groups excluding tert-OH is 1. The fraction of sp³-hybridized carbons (Fsp3) is 0.931. The largest absolute Gasteiger partial charge is 0.412 e. The molecule has 0 bridgehead atoms. The standard InChI is InChI=1S/C29H56O3Si/c1-11-29(12-2)27(31-24(10)18-23(9)30)19-26(25-16-14-13-15-17-25)28(29)32-33(20(3)4,21(5)6)22(7)8/h16,20-24,26-28,30H,11-15,17-19H2,1-10H3/t23-,24+,26-,27-,28-/m0/s1. The molecule has 0 spiro atoms. The lowest BCUT2D eigenvalue weighted by atomic mass is 9.74. The predicted molar refractivity (Wildman–Crippen MR) is 144 cm³/mol. The van der Waals surface area contributed by atoms with Gasteiger partial charge >= 0.3 is 0 Å². The molecule has 0 aromatic heterocycles. The lowest BCUT2D eigenvalue weighted by molar-refractivity contribution is -0.101. The van der Waals surface area contributed by atoms with Gasteiger partial charge in [-0.15, -0.1) is 0 Å². The molecular weight excluding hydrogens is 424 g/mol. The summed E-state index contributed by atoms with van der Waals surface area (Å²) in [4.78, 5) is 0. The molecule has 1 fully saturated rings. The Bertz CT molecular complexity index is 599. The first-order valence-corrected chi connectivity index (χ1v) is 16.3. The van der Waals surface area contributed by atoms with Crippen LogP contribution >= 0.6 is 0 Å². The molecule has 1 N–H and O–H groups in total. The molecule has 2 rings (SSSR count). The number of hydrogen-bond donors (Lipinski definition) is 1. The zero-order valence-corrected chi connectivity index (χ0v) is 24.6. The van der Waals surface area contributed by atoms with E-state index in [9.17, 15) is 5.11 Å². The molecule has 0 aromatic rings. The van der Waals surface area contributed by atoms with Gasteiger partial charge in [0.05, 0.1) is 24.4 Å². The van der Waals surface area contributed by atoms with Crippen LogP contribution in [0.15, 0.2) is 11.6 Å². The smallest absolute Gasteiger partial charge is 0.200 e. The van der Waals surface area contributed by atoms with E-state index < -0.39 is 8.32 Å². The summed E-state index contributed by atoms with van der Waals surface area (Å²) in [6, 6.07) is 0. The highest BCUT2D eigenvalue weighted by Gasteiger charge is 2.59. The second kappa shape index (κ2) is 12.2. The molecule has 194 valence electrons. The van der Waals surface area contributed by atoms with Crippen molar-refractivity contribution in [2.24, 2.45) is 11.3 Å². The third-order valence-corrected chi connectivity index (χ3v) is 15.3. The van der Waals surface area contributed by atoms with E-state index in [2.05, 4.69) is 68.4 Å². The lowest BCUT2D eigenvalue weighted by Gasteiger charge is -2.50. The minimum absolute atomic E-state index is 0.0346. The zero-order valence-electron chi connectivity index (χ0n) is 23.6. The lowest BCUT2D eigenvalue weighted by Crippen LogP contribution is -2.55. The summed E-state index contributed by atoms with van der Waals surface area (Å²) in [5.41, 5.74) is 3.43. The van der Waals surface area contributed by atoms with Crippen molar-refractivity contribution in [1.29, 1.82) is 0 Å². The van der Waals surface area contributed by atoms with Crippen LogP contribution in [0.25, 0.3) is 0 Å². The number of aliphatic hydroxyl groups is 1. The fourth-order valence-electron chi connectivity index (χ4n) is 7.66. The van der Waals surface area contributed by atoms with Crippen LogP contribution in [0.5, 0.6) is 0 Å². The molecule has 0 saturated heterocycles. The normalized spacial score (nSPS) is 27.9. The average molecular weight is 481 g/mol. The van der Waals surface area contributed by atoms with Gasteiger partial charge in [-0.2, -0.15) is 0 Å². The molecule has 0 radical (unpaired) electrons. The molecule has 0 amide bonds. The summed E-state index contributed by atoms with van der Waals surface area (Å²) in [5.74, 6) is 0.470. The number of ether oxygens (including phenoxy) is 1. The zero-order chi connectivity index (χ0) is 25.0. The van der Waals surface area contributed by atoms with Gasteiger partial charge in [0.15, 0.2) is 0 Å². The molecule has 2 aliphatic carbocycles. The van der Waals surface area contributed by atoms with Crippen LogP contribution < -0.4 is 0 Å². The first kappa shape index (κ1) is 29.1. The molecule has 0 heterocycles. The Morgan fingerprint density at radius 2 is 1.55 bits per heavy atom. The molecule has 0 aliphatic heterocycles. The minimum atomic E-state index is -2.04. The van der Waals surface area contributed by atoms with Gasteiger partial charge in [0, 0.05) is 11.3 Å². The summed E-state index contributed by atoms with van der Waals surface area (Å²) in [5, 5.41) is 9.98. The second-order valence-corrected chi connectivity index (χ2v) is 17.6. The monoisotopic (exact) mass is 480 g/mol. The van der Waals surface area contributed by atoms with Gasteiger partial charge in [-0.05, 0) is 81.8 Å². The first-order chi connectivity index (χ1) is 15.5. The Labute approximate surface area is 207 Å². The highest BCUT2D eigenvalue weighted by molar-refractivity contribution is 6.77. The van der Waals surface area contributed by atoms with Crippen LogP contribution in [-0.2, 0) is 9.16 Å². The van der Waals surface area contributed by atoms with Crippen molar-refractivity contribution < 1.29 is 14.3 Å². The summed E-state index contributed by atoms with van der Waals surface area (Å²) in [7, 11) is -2.04. The topological polar surface area (TPSA) is 38.7 Å². The van der Waals surface area contributed by atoms with Gasteiger partial charge in [-0.1, -0.05) is 67.0 Å². The number of allylic oxidation sites excluding steroid dienone is 1. The molecule has 33 heavy (non-hydrogen) atoms. The maximum Gasteiger partial charge on any atom is 0.200 e. The Balaban J connectivity index is 2.55. The van der Waals surface area contributed by atoms with E-state index in [-0.39, 0.29) is 29.8 Å². The van der Waals surface area contributed by atoms with Crippen molar-refractivity contribution in [2.75, 3.05) is 0 Å². The number of hydrogen-bond acceptors (Lipinski definition) is 3. The first-order valence-electron chi connectivity index (χ1n) is 14.2. The van der Waals surface area contributed by atoms with E-state index in [1.165, 1.54) is 25.7 Å². The highest BCUT2D eigenvalue weighted by Crippen LogP contribution is 2.57. The Hall–Kier alpha value is -0.163. The Morgan fingerprint density at radius 1 is 0.970 bits per heavy atom. The van der Waals surface area contributed by atoms with E-state index in [0.717, 1.165) is 19.3 Å². The molecule has 1 saturated carbocycles. The fourth-order valence-corrected chi connectivity index (χ4v) is 13.3. The summed E-state index contributed by atoms with van der Waals surface area (Å²) in [6.07, 6.45) is 11.7. The molecule has 5 atom stereocenters. The van der Waals surface area contributed by atoms with Gasteiger partial charge in [-0.25, -0.2) is 0 Å². The summed E-state index contributed by atoms with van der Waals surface area (Å²) < 4.78 is 14.5. The second-order valence-electron chi connectivity index (χ2n) is 12.2. The average Bonchev–Trinajstić information content (AvgIpc) is 3.03. The predicted octanol–water partition coefficient (Wildman–Crippen LogP) is 8.42. The molecule has 0 aromatic carbocycles. The Kier molecular flexibility index (Phi) is 10.7. The van der Waals surface area contributed by atoms with Crippen LogP contribution in [0, 0.1) is 11.3 Å². The van der Waals surface area contributed by atoms with Crippen LogP contribution in [0.3, 0.4) is 0 Å². The molecule has 4 heteroatoms. The van der Waals surface area contributed by atoms with Crippen molar-refractivity contribution >= 4 is 8.32 Å². The van der Waals surface area contributed by atoms with Crippen LogP contribution in [0.2, 0.25) is 16.6 Å². The van der Waals surface area contributed by atoms with Crippen LogP contribution in [0.4, 0.5) is 0 Å². The van der Waals surface area contributed by atoms with Crippen LogP contribution in [-0.4, -0.2) is 37.8 Å². The van der Waals surface area contributed by atoms with Crippen molar-refractivity contribution in [3.8, 4) is 0 Å². The highest BCUT2D eigenvalue weighted by atomic mass is 28.4. The quantitative estimate of drug-likeness (QED) is 0.225. The third-order valence-electron chi connectivity index (χ3n) is 9.27. The van der Waals surface area contributed by atoms with E-state index >= 15 is 0 Å². The maximum absolute atomic E-state index is 9.98. The van der Waals surface area contributed by atoms with E-state index in [1.54, 1.807) is 5.57 Å². The summed E-state index contributed by atoms with van der Waals surface area (Å²) >= 11 is 0. The van der Waals surface area contributed by atoms with Gasteiger partial charge in [-0.3, -0.25) is 0 Å². The molecule has 3 nitrogen and oxygen atoms in total. The van der Waals surface area contributed by atoms with Crippen LogP contribution in [0.1, 0.15) is 121 Å². The summed E-state index contributed by atoms with van der Waals surface area (Å²) in [6.45, 7) is 23.2. The van der Waals surface area contributed by atoms with Gasteiger partial charge in [0.2, 0.25) is 8.32 Å². The maximum atomic E-state index is 9.98. The van der Waals surface area contributed by atoms with Gasteiger partial charge in [0.25, 0.3) is 0 Å². The van der Waals surface area contributed by atoms with Gasteiger partial charge in [0.1, 0.15) is 0 Å². The van der Waals surface area contributed by atoms with E-state index in [1.807, 2.05) is 6.92 Å². The van der Waals surface area contributed by atoms with Crippen molar-refractivity contribution in [2.45, 2.75) is 162 Å². The number of rotatable bonds is 12. The molecule has 2 aliphatic rings.